The number of nitrogens with one attached hydrogen (secondary N) is 1. The van der Waals surface area contributed by atoms with Gasteiger partial charge in [-0.25, -0.2) is 4.79 Å². The zero-order valence-corrected chi connectivity index (χ0v) is 15.7. The fourth-order valence-electron chi connectivity index (χ4n) is 3.16. The van der Waals surface area contributed by atoms with Crippen molar-refractivity contribution in [3.05, 3.63) is 94.5 Å². The Kier molecular flexibility index (Phi) is 5.46. The van der Waals surface area contributed by atoms with Crippen molar-refractivity contribution in [3.63, 3.8) is 0 Å². The van der Waals surface area contributed by atoms with E-state index in [1.165, 1.54) is 0 Å². The van der Waals surface area contributed by atoms with E-state index in [0.717, 1.165) is 27.9 Å². The van der Waals surface area contributed by atoms with Crippen LogP contribution in [0, 0.1) is 13.8 Å². The SMILES string of the molecule is CNc1ccc2c(c1C)C(=O)OC2c1ccccc1.Cc1ccccc1O. The van der Waals surface area contributed by atoms with Gasteiger partial charge in [0.25, 0.3) is 0 Å². The maximum Gasteiger partial charge on any atom is 0.339 e. The lowest BCUT2D eigenvalue weighted by Crippen LogP contribution is -2.01. The van der Waals surface area contributed by atoms with E-state index in [0.29, 0.717) is 11.3 Å². The predicted molar refractivity (Wildman–Crippen MR) is 107 cm³/mol. The fraction of sp³-hybridized carbons (Fsp3) is 0.174. The number of aryl methyl sites for hydroxylation is 1. The van der Waals surface area contributed by atoms with Crippen LogP contribution in [-0.2, 0) is 4.74 Å². The van der Waals surface area contributed by atoms with E-state index in [1.807, 2.05) is 81.6 Å². The Morgan fingerprint density at radius 2 is 1.59 bits per heavy atom. The number of phenols is 1. The molecule has 138 valence electrons. The van der Waals surface area contributed by atoms with Gasteiger partial charge in [0.1, 0.15) is 5.75 Å². The minimum atomic E-state index is -0.284. The number of carbonyl (C=O) groups excluding carboxylic acids is 1. The van der Waals surface area contributed by atoms with Crippen molar-refractivity contribution in [2.75, 3.05) is 12.4 Å². The molecular formula is C23H23NO3. The van der Waals surface area contributed by atoms with E-state index in [1.54, 1.807) is 6.07 Å². The first kappa shape index (κ1) is 18.5. The first-order chi connectivity index (χ1) is 13.0. The summed E-state index contributed by atoms with van der Waals surface area (Å²) in [5, 5.41) is 12.0. The average Bonchev–Trinajstić information content (AvgIpc) is 3.03. The molecule has 0 fully saturated rings. The number of para-hydroxylation sites is 1. The molecule has 4 nitrogen and oxygen atoms in total. The van der Waals surface area contributed by atoms with Crippen molar-refractivity contribution < 1.29 is 14.6 Å². The molecule has 27 heavy (non-hydrogen) atoms. The molecule has 0 radical (unpaired) electrons. The summed E-state index contributed by atoms with van der Waals surface area (Å²) < 4.78 is 5.53. The molecular weight excluding hydrogens is 338 g/mol. The molecule has 3 aromatic carbocycles. The van der Waals surface area contributed by atoms with Crippen LogP contribution in [0.4, 0.5) is 5.69 Å². The van der Waals surface area contributed by atoms with Crippen LogP contribution in [0.2, 0.25) is 0 Å². The van der Waals surface area contributed by atoms with Crippen molar-refractivity contribution >= 4 is 11.7 Å². The number of anilines is 1. The number of hydrogen-bond acceptors (Lipinski definition) is 4. The van der Waals surface area contributed by atoms with E-state index >= 15 is 0 Å². The number of phenolic OH excluding ortho intramolecular Hbond substituents is 1. The summed E-state index contributed by atoms with van der Waals surface area (Å²) in [6.45, 7) is 3.81. The smallest absolute Gasteiger partial charge is 0.339 e. The van der Waals surface area contributed by atoms with Crippen LogP contribution in [0.25, 0.3) is 0 Å². The lowest BCUT2D eigenvalue weighted by atomic mass is 9.95. The zero-order chi connectivity index (χ0) is 19.4. The van der Waals surface area contributed by atoms with Crippen LogP contribution >= 0.6 is 0 Å². The molecule has 1 unspecified atom stereocenters. The third-order valence-corrected chi connectivity index (χ3v) is 4.70. The molecule has 4 heteroatoms. The van der Waals surface area contributed by atoms with Crippen molar-refractivity contribution in [2.24, 2.45) is 0 Å². The first-order valence-electron chi connectivity index (χ1n) is 8.84. The third kappa shape index (κ3) is 3.80. The Bertz CT molecular complexity index is 930. The van der Waals surface area contributed by atoms with Gasteiger partial charge in [0.2, 0.25) is 0 Å². The Hall–Kier alpha value is -3.27. The fourth-order valence-corrected chi connectivity index (χ4v) is 3.16. The number of hydrogen-bond donors (Lipinski definition) is 2. The minimum Gasteiger partial charge on any atom is -0.508 e. The second kappa shape index (κ2) is 7.96. The molecule has 0 amide bonds. The number of fused-ring (bicyclic) bond motifs is 1. The van der Waals surface area contributed by atoms with Gasteiger partial charge in [-0.3, -0.25) is 0 Å². The standard InChI is InChI=1S/C16H15NO2.C7H8O/c1-10-13(17-2)9-8-12-14(10)16(18)19-15(12)11-6-4-3-5-7-11;1-6-4-2-3-5-7(6)8/h3-9,15,17H,1-2H3;2-5,8H,1H3. The summed E-state index contributed by atoms with van der Waals surface area (Å²) in [6, 6.07) is 21.0. The van der Waals surface area contributed by atoms with Gasteiger partial charge in [-0.15, -0.1) is 0 Å². The monoisotopic (exact) mass is 361 g/mol. The molecule has 0 saturated heterocycles. The number of ether oxygens (including phenoxy) is 1. The van der Waals surface area contributed by atoms with E-state index in [4.69, 9.17) is 9.84 Å². The highest BCUT2D eigenvalue weighted by Crippen LogP contribution is 2.39. The van der Waals surface area contributed by atoms with Crippen molar-refractivity contribution in [1.29, 1.82) is 0 Å². The van der Waals surface area contributed by atoms with Crippen LogP contribution in [0.3, 0.4) is 0 Å². The summed E-state index contributed by atoms with van der Waals surface area (Å²) in [6.07, 6.45) is -0.284. The lowest BCUT2D eigenvalue weighted by Gasteiger charge is -2.12. The molecule has 0 spiro atoms. The molecule has 0 aliphatic carbocycles. The largest absolute Gasteiger partial charge is 0.508 e. The van der Waals surface area contributed by atoms with E-state index in [9.17, 15) is 4.79 Å². The highest BCUT2D eigenvalue weighted by atomic mass is 16.5. The summed E-state index contributed by atoms with van der Waals surface area (Å²) in [5.41, 5.74) is 5.49. The van der Waals surface area contributed by atoms with Gasteiger partial charge in [-0.05, 0) is 42.7 Å². The molecule has 0 saturated carbocycles. The summed E-state index contributed by atoms with van der Waals surface area (Å²) in [7, 11) is 1.85. The predicted octanol–water partition coefficient (Wildman–Crippen LogP) is 5.00. The lowest BCUT2D eigenvalue weighted by molar-refractivity contribution is 0.0455. The molecule has 1 aliphatic heterocycles. The Balaban J connectivity index is 0.000000221. The van der Waals surface area contributed by atoms with Crippen LogP contribution in [0.5, 0.6) is 5.75 Å². The van der Waals surface area contributed by atoms with E-state index in [-0.39, 0.29) is 12.1 Å². The topological polar surface area (TPSA) is 58.6 Å². The Morgan fingerprint density at radius 3 is 2.19 bits per heavy atom. The summed E-state index contributed by atoms with van der Waals surface area (Å²) in [5.74, 6) is 0.131. The minimum absolute atomic E-state index is 0.238. The second-order valence-electron chi connectivity index (χ2n) is 6.43. The van der Waals surface area contributed by atoms with Gasteiger partial charge >= 0.3 is 5.97 Å². The number of cyclic esters (lactones) is 1. The van der Waals surface area contributed by atoms with Gasteiger partial charge in [-0.2, -0.15) is 0 Å². The summed E-state index contributed by atoms with van der Waals surface area (Å²) >= 11 is 0. The second-order valence-corrected chi connectivity index (χ2v) is 6.43. The number of rotatable bonds is 2. The van der Waals surface area contributed by atoms with Crippen molar-refractivity contribution in [1.82, 2.24) is 0 Å². The zero-order valence-electron chi connectivity index (χ0n) is 15.7. The maximum absolute atomic E-state index is 12.1. The van der Waals surface area contributed by atoms with Gasteiger partial charge in [0, 0.05) is 18.3 Å². The Labute approximate surface area is 159 Å². The van der Waals surface area contributed by atoms with Gasteiger partial charge < -0.3 is 15.2 Å². The molecule has 0 bridgehead atoms. The van der Waals surface area contributed by atoms with Crippen LogP contribution in [0.1, 0.15) is 38.7 Å². The highest BCUT2D eigenvalue weighted by molar-refractivity contribution is 5.97. The highest BCUT2D eigenvalue weighted by Gasteiger charge is 2.34. The molecule has 2 N–H and O–H groups in total. The normalized spacial score (nSPS) is 14.6. The van der Waals surface area contributed by atoms with Crippen LogP contribution in [0.15, 0.2) is 66.7 Å². The molecule has 1 atom stereocenters. The van der Waals surface area contributed by atoms with Gasteiger partial charge in [-0.1, -0.05) is 54.6 Å². The number of aromatic hydroxyl groups is 1. The Morgan fingerprint density at radius 1 is 0.926 bits per heavy atom. The van der Waals surface area contributed by atoms with Gasteiger partial charge in [0.15, 0.2) is 6.10 Å². The van der Waals surface area contributed by atoms with Crippen molar-refractivity contribution in [2.45, 2.75) is 20.0 Å². The summed E-state index contributed by atoms with van der Waals surface area (Å²) in [4.78, 5) is 12.1. The molecule has 1 aliphatic rings. The maximum atomic E-state index is 12.1. The molecule has 3 aromatic rings. The van der Waals surface area contributed by atoms with Gasteiger partial charge in [0.05, 0.1) is 5.56 Å². The molecule has 1 heterocycles. The first-order valence-corrected chi connectivity index (χ1v) is 8.84. The number of esters is 1. The van der Waals surface area contributed by atoms with E-state index in [2.05, 4.69) is 5.32 Å². The third-order valence-electron chi connectivity index (χ3n) is 4.70. The van der Waals surface area contributed by atoms with E-state index < -0.39 is 0 Å². The number of benzene rings is 3. The van der Waals surface area contributed by atoms with Crippen molar-refractivity contribution in [3.8, 4) is 5.75 Å². The quantitative estimate of drug-likeness (QED) is 0.631. The number of carbonyl (C=O) groups is 1. The van der Waals surface area contributed by atoms with Crippen LogP contribution in [-0.4, -0.2) is 18.1 Å². The molecule has 0 aromatic heterocycles. The molecule has 4 rings (SSSR count). The average molecular weight is 361 g/mol. The van der Waals surface area contributed by atoms with Crippen LogP contribution < -0.4 is 5.32 Å².